The minimum atomic E-state index is -0.713. The molecular formula is C12H23NO2. The zero-order valence-electron chi connectivity index (χ0n) is 10.0. The summed E-state index contributed by atoms with van der Waals surface area (Å²) in [6.45, 7) is 7.19. The van der Waals surface area contributed by atoms with Crippen LogP contribution in [0.15, 0.2) is 0 Å². The van der Waals surface area contributed by atoms with Crippen LogP contribution in [0.1, 0.15) is 46.5 Å². The van der Waals surface area contributed by atoms with E-state index in [-0.39, 0.29) is 17.3 Å². The van der Waals surface area contributed by atoms with Gasteiger partial charge in [-0.15, -0.1) is 0 Å². The highest BCUT2D eigenvalue weighted by molar-refractivity contribution is 5.67. The predicted octanol–water partition coefficient (Wildman–Crippen LogP) is 2.25. The summed E-state index contributed by atoms with van der Waals surface area (Å²) in [6.07, 6.45) is 3.29. The van der Waals surface area contributed by atoms with Crippen molar-refractivity contribution in [3.05, 3.63) is 0 Å². The molecule has 0 aromatic carbocycles. The van der Waals surface area contributed by atoms with Crippen LogP contribution >= 0.6 is 0 Å². The Bertz CT molecular complexity index is 244. The second-order valence-corrected chi connectivity index (χ2v) is 6.08. The quantitative estimate of drug-likeness (QED) is 0.755. The molecule has 3 N–H and O–H groups in total. The van der Waals surface area contributed by atoms with Crippen LogP contribution in [0.2, 0.25) is 0 Å². The van der Waals surface area contributed by atoms with Crippen LogP contribution in [0.3, 0.4) is 0 Å². The number of aliphatic carboxylic acids is 1. The van der Waals surface area contributed by atoms with E-state index < -0.39 is 5.97 Å². The predicted molar refractivity (Wildman–Crippen MR) is 60.5 cm³/mol. The third kappa shape index (κ3) is 2.94. The number of nitrogens with two attached hydrogens (primary N) is 1. The molecule has 3 heteroatoms. The van der Waals surface area contributed by atoms with Gasteiger partial charge in [0.05, 0.1) is 6.42 Å². The lowest BCUT2D eigenvalue weighted by atomic mass is 9.75. The molecule has 0 aromatic heterocycles. The third-order valence-corrected chi connectivity index (χ3v) is 3.89. The summed E-state index contributed by atoms with van der Waals surface area (Å²) in [5, 5.41) is 8.90. The number of carbonyl (C=O) groups is 1. The summed E-state index contributed by atoms with van der Waals surface area (Å²) in [5.41, 5.74) is 5.90. The second kappa shape index (κ2) is 4.12. The van der Waals surface area contributed by atoms with Crippen LogP contribution in [0.5, 0.6) is 0 Å². The molecule has 0 aromatic rings. The van der Waals surface area contributed by atoms with Crippen LogP contribution < -0.4 is 5.73 Å². The highest BCUT2D eigenvalue weighted by atomic mass is 16.4. The number of hydrogen-bond acceptors (Lipinski definition) is 2. The van der Waals surface area contributed by atoms with Gasteiger partial charge in [0.25, 0.3) is 0 Å². The molecule has 0 saturated heterocycles. The number of rotatable bonds is 3. The van der Waals surface area contributed by atoms with E-state index in [0.717, 1.165) is 19.3 Å². The van der Waals surface area contributed by atoms with Crippen LogP contribution in [0.4, 0.5) is 0 Å². The Morgan fingerprint density at radius 3 is 2.47 bits per heavy atom. The van der Waals surface area contributed by atoms with E-state index in [1.165, 1.54) is 0 Å². The van der Waals surface area contributed by atoms with E-state index >= 15 is 0 Å². The first-order valence-electron chi connectivity index (χ1n) is 5.71. The molecule has 1 aliphatic rings. The highest BCUT2D eigenvalue weighted by Crippen LogP contribution is 2.49. The van der Waals surface area contributed by atoms with E-state index in [9.17, 15) is 4.79 Å². The molecular weight excluding hydrogens is 190 g/mol. The molecule has 2 atom stereocenters. The van der Waals surface area contributed by atoms with E-state index in [2.05, 4.69) is 20.8 Å². The average Bonchev–Trinajstić information content (AvgIpc) is 2.47. The molecule has 88 valence electrons. The van der Waals surface area contributed by atoms with Crippen molar-refractivity contribution >= 4 is 5.97 Å². The first-order valence-corrected chi connectivity index (χ1v) is 5.71. The lowest BCUT2D eigenvalue weighted by molar-refractivity contribution is -0.139. The van der Waals surface area contributed by atoms with Crippen LogP contribution in [-0.2, 0) is 4.79 Å². The van der Waals surface area contributed by atoms with Gasteiger partial charge in [0, 0.05) is 0 Å². The smallest absolute Gasteiger partial charge is 0.303 e. The molecule has 0 spiro atoms. The largest absolute Gasteiger partial charge is 0.481 e. The fourth-order valence-electron chi connectivity index (χ4n) is 2.69. The van der Waals surface area contributed by atoms with Gasteiger partial charge in [0.1, 0.15) is 0 Å². The first kappa shape index (κ1) is 12.5. The average molecular weight is 213 g/mol. The van der Waals surface area contributed by atoms with Crippen molar-refractivity contribution in [2.24, 2.45) is 22.5 Å². The molecule has 1 rings (SSSR count). The van der Waals surface area contributed by atoms with Crippen molar-refractivity contribution in [1.82, 2.24) is 0 Å². The van der Waals surface area contributed by atoms with Gasteiger partial charge in [0.2, 0.25) is 0 Å². The molecule has 1 aliphatic carbocycles. The zero-order chi connectivity index (χ0) is 11.7. The minimum absolute atomic E-state index is 0.135. The standard InChI is InChI=1S/C12H23NO2/c1-11(2,3)9-4-5-12(6-9,8-13)7-10(14)15/h9H,4-8,13H2,1-3H3,(H,14,15)/t9-,12+/m1/s1. The lowest BCUT2D eigenvalue weighted by Gasteiger charge is -2.30. The summed E-state index contributed by atoms with van der Waals surface area (Å²) in [6, 6.07) is 0. The van der Waals surface area contributed by atoms with Crippen molar-refractivity contribution in [3.63, 3.8) is 0 Å². The topological polar surface area (TPSA) is 63.3 Å². The Morgan fingerprint density at radius 1 is 1.53 bits per heavy atom. The van der Waals surface area contributed by atoms with Crippen molar-refractivity contribution in [2.45, 2.75) is 46.5 Å². The Balaban J connectivity index is 2.69. The Labute approximate surface area is 92.0 Å². The van der Waals surface area contributed by atoms with Gasteiger partial charge in [0.15, 0.2) is 0 Å². The van der Waals surface area contributed by atoms with Gasteiger partial charge in [-0.05, 0) is 42.6 Å². The van der Waals surface area contributed by atoms with Gasteiger partial charge >= 0.3 is 5.97 Å². The maximum Gasteiger partial charge on any atom is 0.303 e. The Hall–Kier alpha value is -0.570. The molecule has 1 fully saturated rings. The lowest BCUT2D eigenvalue weighted by Crippen LogP contribution is -2.31. The van der Waals surface area contributed by atoms with E-state index in [1.54, 1.807) is 0 Å². The van der Waals surface area contributed by atoms with Crippen LogP contribution in [0.25, 0.3) is 0 Å². The maximum absolute atomic E-state index is 10.8. The minimum Gasteiger partial charge on any atom is -0.481 e. The molecule has 0 bridgehead atoms. The molecule has 0 amide bonds. The summed E-state index contributed by atoms with van der Waals surface area (Å²) in [5.74, 6) is -0.101. The zero-order valence-corrected chi connectivity index (χ0v) is 10.0. The monoisotopic (exact) mass is 213 g/mol. The highest BCUT2D eigenvalue weighted by Gasteiger charge is 2.43. The molecule has 15 heavy (non-hydrogen) atoms. The van der Waals surface area contributed by atoms with E-state index in [0.29, 0.717) is 12.5 Å². The molecule has 0 aliphatic heterocycles. The third-order valence-electron chi connectivity index (χ3n) is 3.89. The van der Waals surface area contributed by atoms with Gasteiger partial charge in [-0.1, -0.05) is 20.8 Å². The number of hydrogen-bond donors (Lipinski definition) is 2. The van der Waals surface area contributed by atoms with Crippen molar-refractivity contribution in [1.29, 1.82) is 0 Å². The van der Waals surface area contributed by atoms with Crippen molar-refractivity contribution in [2.75, 3.05) is 6.54 Å². The van der Waals surface area contributed by atoms with Gasteiger partial charge in [-0.3, -0.25) is 4.79 Å². The summed E-state index contributed by atoms with van der Waals surface area (Å²) >= 11 is 0. The number of carboxylic acid groups (broad SMARTS) is 1. The fraction of sp³-hybridized carbons (Fsp3) is 0.917. The SMILES string of the molecule is CC(C)(C)[C@@H]1CC[C@@](CN)(CC(=O)O)C1. The molecule has 0 heterocycles. The molecule has 3 nitrogen and oxygen atoms in total. The maximum atomic E-state index is 10.8. The molecule has 0 radical (unpaired) electrons. The van der Waals surface area contributed by atoms with E-state index in [4.69, 9.17) is 10.8 Å². The van der Waals surface area contributed by atoms with Gasteiger partial charge in [-0.25, -0.2) is 0 Å². The second-order valence-electron chi connectivity index (χ2n) is 6.08. The summed E-state index contributed by atoms with van der Waals surface area (Å²) in [4.78, 5) is 10.8. The fourth-order valence-corrected chi connectivity index (χ4v) is 2.69. The van der Waals surface area contributed by atoms with Crippen LogP contribution in [0, 0.1) is 16.7 Å². The summed E-state index contributed by atoms with van der Waals surface area (Å²) in [7, 11) is 0. The van der Waals surface area contributed by atoms with Crippen molar-refractivity contribution < 1.29 is 9.90 Å². The Kier molecular flexibility index (Phi) is 3.44. The summed E-state index contributed by atoms with van der Waals surface area (Å²) < 4.78 is 0. The first-order chi connectivity index (χ1) is 6.79. The van der Waals surface area contributed by atoms with Crippen molar-refractivity contribution in [3.8, 4) is 0 Å². The van der Waals surface area contributed by atoms with Gasteiger partial charge < -0.3 is 10.8 Å². The molecule has 1 saturated carbocycles. The van der Waals surface area contributed by atoms with E-state index in [1.807, 2.05) is 0 Å². The van der Waals surface area contributed by atoms with Gasteiger partial charge in [-0.2, -0.15) is 0 Å². The Morgan fingerprint density at radius 2 is 2.13 bits per heavy atom. The molecule has 0 unspecified atom stereocenters. The normalized spacial score (nSPS) is 31.9. The number of carboxylic acids is 1. The van der Waals surface area contributed by atoms with Crippen LogP contribution in [-0.4, -0.2) is 17.6 Å².